The number of hydrogen-bond donors (Lipinski definition) is 0. The molecule has 1 fully saturated rings. The number of rotatable bonds is 8. The summed E-state index contributed by atoms with van der Waals surface area (Å²) in [6.45, 7) is 5.55. The van der Waals surface area contributed by atoms with Crippen LogP contribution in [0.3, 0.4) is 0 Å². The highest BCUT2D eigenvalue weighted by molar-refractivity contribution is 7.59. The van der Waals surface area contributed by atoms with Crippen LogP contribution in [0.25, 0.3) is 17.0 Å². The van der Waals surface area contributed by atoms with Gasteiger partial charge in [0, 0.05) is 25.0 Å². The second-order valence-corrected chi connectivity index (χ2v) is 9.36. The zero-order valence-corrected chi connectivity index (χ0v) is 23.6. The lowest BCUT2D eigenvalue weighted by Gasteiger charge is -2.36. The molecule has 0 bridgehead atoms. The van der Waals surface area contributed by atoms with Gasteiger partial charge in [0.2, 0.25) is 5.88 Å². The molecule has 220 valence electrons. The Morgan fingerprint density at radius 1 is 1.10 bits per heavy atom. The van der Waals surface area contributed by atoms with Crippen LogP contribution in [0.4, 0.5) is 18.9 Å². The van der Waals surface area contributed by atoms with Gasteiger partial charge in [0.25, 0.3) is 5.95 Å². The van der Waals surface area contributed by atoms with Gasteiger partial charge < -0.3 is 19.1 Å². The molecule has 0 unspecified atom stereocenters. The largest absolute Gasteiger partial charge is 0.573 e. The number of hydrogen-bond acceptors (Lipinski definition) is 9. The molecular weight excluding hydrogens is 563 g/mol. The first-order valence-electron chi connectivity index (χ1n) is 12.8. The van der Waals surface area contributed by atoms with Gasteiger partial charge in [-0.2, -0.15) is 28.7 Å². The molecule has 0 aliphatic carbocycles. The average molecular weight is 594 g/mol. The Kier molecular flexibility index (Phi) is 8.95. The molecule has 41 heavy (non-hydrogen) atoms. The number of halogens is 3. The molecule has 3 aromatic heterocycles. The Morgan fingerprint density at radius 3 is 2.44 bits per heavy atom. The monoisotopic (exact) mass is 593 g/mol. The number of carbonyl (C=O) groups excluding carboxylic acids is 1. The fourth-order valence-corrected chi connectivity index (χ4v) is 4.92. The summed E-state index contributed by atoms with van der Waals surface area (Å²) < 4.78 is 55.2. The summed E-state index contributed by atoms with van der Waals surface area (Å²) in [7, 11) is 1.52. The van der Waals surface area contributed by atoms with Crippen LogP contribution in [0.2, 0.25) is 0 Å². The van der Waals surface area contributed by atoms with Crippen molar-refractivity contribution in [1.82, 2.24) is 29.5 Å². The van der Waals surface area contributed by atoms with Crippen molar-refractivity contribution < 1.29 is 32.2 Å². The number of fused-ring (bicyclic) bond motifs is 1. The van der Waals surface area contributed by atoms with Gasteiger partial charge in [-0.25, -0.2) is 14.5 Å². The molecule has 15 heteroatoms. The fraction of sp³-hybridized carbons (Fsp3) is 0.423. The van der Waals surface area contributed by atoms with Gasteiger partial charge in [0.15, 0.2) is 0 Å². The van der Waals surface area contributed by atoms with E-state index in [1.165, 1.54) is 36.3 Å². The molecule has 1 atom stereocenters. The minimum absolute atomic E-state index is 0. The smallest absolute Gasteiger partial charge is 0.479 e. The van der Waals surface area contributed by atoms with E-state index in [9.17, 15) is 18.0 Å². The van der Waals surface area contributed by atoms with E-state index in [0.717, 1.165) is 31.6 Å². The molecule has 1 aromatic carbocycles. The van der Waals surface area contributed by atoms with Crippen molar-refractivity contribution in [2.45, 2.75) is 39.1 Å². The van der Waals surface area contributed by atoms with Gasteiger partial charge in [-0.15, -0.1) is 13.2 Å². The number of anilines is 1. The standard InChI is InChI=1S/C26H28F3N7O4.H2S/c1-4-39-24(37)18-13-30-35(15-18)25-32-21-14-31-36(22(21)23(33-25)38-3)16(2)17-9-11-34(12-10-17)19-5-7-20(8-6-19)40-26(27,28)29;/h5-8,13-17H,4,9-12H2,1-3H3;1H2/t16-;/m0./s1. The number of methoxy groups -OCH3 is 1. The van der Waals surface area contributed by atoms with Crippen LogP contribution in [0, 0.1) is 5.92 Å². The van der Waals surface area contributed by atoms with Crippen molar-refractivity contribution in [3.05, 3.63) is 48.4 Å². The van der Waals surface area contributed by atoms with E-state index < -0.39 is 12.3 Å². The van der Waals surface area contributed by atoms with E-state index in [1.807, 2.05) is 4.68 Å². The minimum atomic E-state index is -4.71. The zero-order valence-electron chi connectivity index (χ0n) is 22.6. The van der Waals surface area contributed by atoms with Crippen molar-refractivity contribution in [3.8, 4) is 17.6 Å². The normalized spacial score (nSPS) is 14.9. The number of carbonyl (C=O) groups is 1. The van der Waals surface area contributed by atoms with Gasteiger partial charge in [0.1, 0.15) is 16.8 Å². The van der Waals surface area contributed by atoms with Crippen LogP contribution >= 0.6 is 13.5 Å². The fourth-order valence-electron chi connectivity index (χ4n) is 4.92. The van der Waals surface area contributed by atoms with Crippen LogP contribution < -0.4 is 14.4 Å². The summed E-state index contributed by atoms with van der Waals surface area (Å²) in [4.78, 5) is 23.3. The Balaban J connectivity index is 0.00000387. The predicted octanol–water partition coefficient (Wildman–Crippen LogP) is 4.69. The van der Waals surface area contributed by atoms with Crippen LogP contribution in [-0.2, 0) is 4.74 Å². The molecule has 0 N–H and O–H groups in total. The molecule has 11 nitrogen and oxygen atoms in total. The van der Waals surface area contributed by atoms with Gasteiger partial charge in [-0.3, -0.25) is 4.68 Å². The van der Waals surface area contributed by atoms with E-state index in [0.29, 0.717) is 16.9 Å². The summed E-state index contributed by atoms with van der Waals surface area (Å²) >= 11 is 0. The van der Waals surface area contributed by atoms with Crippen molar-refractivity contribution in [2.75, 3.05) is 31.7 Å². The van der Waals surface area contributed by atoms with Gasteiger partial charge >= 0.3 is 12.3 Å². The predicted molar refractivity (Wildman–Crippen MR) is 148 cm³/mol. The molecule has 0 amide bonds. The molecule has 1 aliphatic rings. The second-order valence-electron chi connectivity index (χ2n) is 9.36. The highest BCUT2D eigenvalue weighted by atomic mass is 32.1. The SMILES string of the molecule is CCOC(=O)c1cnn(-c2nc(OC)c3c(cnn3[C@@H](C)C3CCN(c4ccc(OC(F)(F)F)cc4)CC3)n2)c1.S. The molecule has 0 saturated carbocycles. The first kappa shape index (κ1) is 30.0. The maximum Gasteiger partial charge on any atom is 0.573 e. The van der Waals surface area contributed by atoms with Gasteiger partial charge in [-0.05, 0) is 56.9 Å². The third-order valence-corrected chi connectivity index (χ3v) is 6.94. The molecule has 1 saturated heterocycles. The summed E-state index contributed by atoms with van der Waals surface area (Å²) in [5.41, 5.74) is 2.35. The lowest BCUT2D eigenvalue weighted by molar-refractivity contribution is -0.274. The number of aromatic nitrogens is 6. The van der Waals surface area contributed by atoms with Gasteiger partial charge in [0.05, 0.1) is 37.7 Å². The number of benzene rings is 1. The minimum Gasteiger partial charge on any atom is -0.479 e. The second kappa shape index (κ2) is 12.2. The first-order valence-corrected chi connectivity index (χ1v) is 12.8. The molecular formula is C26H30F3N7O4S. The maximum atomic E-state index is 12.5. The number of alkyl halides is 3. The van der Waals surface area contributed by atoms with Crippen LogP contribution in [0.5, 0.6) is 11.6 Å². The van der Waals surface area contributed by atoms with Crippen molar-refractivity contribution in [1.29, 1.82) is 0 Å². The van der Waals surface area contributed by atoms with E-state index in [2.05, 4.69) is 36.7 Å². The highest BCUT2D eigenvalue weighted by Crippen LogP contribution is 2.35. The summed E-state index contributed by atoms with van der Waals surface area (Å²) in [6, 6.07) is 5.94. The van der Waals surface area contributed by atoms with Crippen LogP contribution in [0.1, 0.15) is 43.1 Å². The highest BCUT2D eigenvalue weighted by Gasteiger charge is 2.31. The van der Waals surface area contributed by atoms with Crippen molar-refractivity contribution >= 4 is 36.2 Å². The van der Waals surface area contributed by atoms with Crippen molar-refractivity contribution in [2.24, 2.45) is 5.92 Å². The number of esters is 1. The van der Waals surface area contributed by atoms with Gasteiger partial charge in [-0.1, -0.05) is 0 Å². The maximum absolute atomic E-state index is 12.5. The topological polar surface area (TPSA) is 109 Å². The molecule has 5 rings (SSSR count). The Hall–Kier alpha value is -4.01. The number of nitrogens with zero attached hydrogens (tertiary/aromatic N) is 7. The van der Waals surface area contributed by atoms with E-state index in [4.69, 9.17) is 9.47 Å². The van der Waals surface area contributed by atoms with Crippen molar-refractivity contribution in [3.63, 3.8) is 0 Å². The lowest BCUT2D eigenvalue weighted by Crippen LogP contribution is -2.36. The molecule has 0 radical (unpaired) electrons. The average Bonchev–Trinajstić information content (AvgIpc) is 3.60. The summed E-state index contributed by atoms with van der Waals surface area (Å²) in [5, 5.41) is 8.78. The molecule has 1 aliphatic heterocycles. The molecule has 4 heterocycles. The van der Waals surface area contributed by atoms with Crippen LogP contribution in [-0.4, -0.2) is 68.7 Å². The Bertz CT molecular complexity index is 1480. The summed E-state index contributed by atoms with van der Waals surface area (Å²) in [5.74, 6) is 0.122. The van der Waals surface area contributed by atoms with E-state index in [1.54, 1.807) is 25.3 Å². The first-order chi connectivity index (χ1) is 19.2. The molecule has 0 spiro atoms. The third-order valence-electron chi connectivity index (χ3n) is 6.94. The van der Waals surface area contributed by atoms with E-state index >= 15 is 0 Å². The van der Waals surface area contributed by atoms with Crippen LogP contribution in [0.15, 0.2) is 42.9 Å². The Morgan fingerprint density at radius 2 is 1.80 bits per heavy atom. The number of piperidine rings is 1. The zero-order chi connectivity index (χ0) is 28.4. The van der Waals surface area contributed by atoms with E-state index in [-0.39, 0.29) is 49.3 Å². The summed E-state index contributed by atoms with van der Waals surface area (Å²) in [6.07, 6.45) is 1.53. The lowest BCUT2D eigenvalue weighted by atomic mass is 9.90. The molecule has 4 aromatic rings. The number of ether oxygens (including phenoxy) is 3. The Labute approximate surface area is 240 Å². The third kappa shape index (κ3) is 6.50. The quantitative estimate of drug-likeness (QED) is 0.269.